The minimum Gasteiger partial charge on any atom is -0.309 e. The van der Waals surface area contributed by atoms with Crippen LogP contribution in [-0.4, -0.2) is 10.9 Å². The van der Waals surface area contributed by atoms with E-state index in [4.69, 9.17) is 0 Å². The molecule has 2 heteroatoms. The highest BCUT2D eigenvalue weighted by atomic mass is 16.1. The van der Waals surface area contributed by atoms with Crippen molar-refractivity contribution in [3.05, 3.63) is 78.4 Å². The lowest BCUT2D eigenvalue weighted by Crippen LogP contribution is -1.93. The third kappa shape index (κ3) is 2.20. The summed E-state index contributed by atoms with van der Waals surface area (Å²) in [6, 6.07) is 24.8. The van der Waals surface area contributed by atoms with Crippen LogP contribution < -0.4 is 0 Å². The number of carbonyl (C=O) groups excluding carboxylic acids is 1. The van der Waals surface area contributed by atoms with Gasteiger partial charge in [-0.1, -0.05) is 42.3 Å². The van der Waals surface area contributed by atoms with E-state index >= 15 is 0 Å². The van der Waals surface area contributed by atoms with Crippen molar-refractivity contribution in [1.29, 1.82) is 0 Å². The monoisotopic (exact) mass is 295 g/mol. The normalized spacial score (nSPS) is 10.4. The molecule has 23 heavy (non-hydrogen) atoms. The SMILES string of the molecule is O=CC#Cc1ccc(-n2c3ccccc3c3ccccc32)cc1. The first-order valence-corrected chi connectivity index (χ1v) is 7.42. The molecule has 108 valence electrons. The van der Waals surface area contributed by atoms with Crippen LogP contribution in [0.4, 0.5) is 0 Å². The lowest BCUT2D eigenvalue weighted by molar-refractivity contribution is -0.103. The van der Waals surface area contributed by atoms with Crippen molar-refractivity contribution < 1.29 is 4.79 Å². The first-order chi connectivity index (χ1) is 11.4. The molecule has 0 bridgehead atoms. The van der Waals surface area contributed by atoms with E-state index in [1.54, 1.807) is 0 Å². The summed E-state index contributed by atoms with van der Waals surface area (Å²) in [6.45, 7) is 0. The molecule has 0 saturated heterocycles. The zero-order valence-corrected chi connectivity index (χ0v) is 12.4. The van der Waals surface area contributed by atoms with Gasteiger partial charge in [0.25, 0.3) is 0 Å². The van der Waals surface area contributed by atoms with Crippen molar-refractivity contribution in [3.8, 4) is 17.5 Å². The molecule has 3 aromatic carbocycles. The van der Waals surface area contributed by atoms with Gasteiger partial charge in [0.2, 0.25) is 0 Å². The van der Waals surface area contributed by atoms with E-state index in [1.807, 2.05) is 24.3 Å². The second-order valence-electron chi connectivity index (χ2n) is 5.30. The topological polar surface area (TPSA) is 22.0 Å². The van der Waals surface area contributed by atoms with Gasteiger partial charge in [-0.15, -0.1) is 0 Å². The molecule has 0 N–H and O–H groups in total. The molecule has 0 unspecified atom stereocenters. The fourth-order valence-corrected chi connectivity index (χ4v) is 3.01. The maximum absolute atomic E-state index is 10.3. The van der Waals surface area contributed by atoms with E-state index in [1.165, 1.54) is 21.8 Å². The molecule has 0 aliphatic rings. The number of aromatic nitrogens is 1. The van der Waals surface area contributed by atoms with Crippen molar-refractivity contribution in [1.82, 2.24) is 4.57 Å². The van der Waals surface area contributed by atoms with Crippen molar-refractivity contribution in [2.45, 2.75) is 0 Å². The van der Waals surface area contributed by atoms with E-state index < -0.39 is 0 Å². The second kappa shape index (κ2) is 5.47. The number of fused-ring (bicyclic) bond motifs is 3. The summed E-state index contributed by atoms with van der Waals surface area (Å²) < 4.78 is 2.25. The summed E-state index contributed by atoms with van der Waals surface area (Å²) in [5.41, 5.74) is 4.28. The quantitative estimate of drug-likeness (QED) is 0.378. The van der Waals surface area contributed by atoms with Crippen LogP contribution in [0.2, 0.25) is 0 Å². The molecular formula is C21H13NO. The maximum atomic E-state index is 10.3. The Kier molecular flexibility index (Phi) is 3.18. The maximum Gasteiger partial charge on any atom is 0.193 e. The Morgan fingerprint density at radius 1 is 0.739 bits per heavy atom. The minimum absolute atomic E-state index is 0.612. The van der Waals surface area contributed by atoms with Gasteiger partial charge in [0.05, 0.1) is 11.0 Å². The molecule has 0 amide bonds. The Labute approximate surface area is 134 Å². The van der Waals surface area contributed by atoms with E-state index in [0.29, 0.717) is 6.29 Å². The molecule has 0 atom stereocenters. The van der Waals surface area contributed by atoms with Crippen molar-refractivity contribution in [2.75, 3.05) is 0 Å². The van der Waals surface area contributed by atoms with Gasteiger partial charge in [0.15, 0.2) is 6.29 Å². The van der Waals surface area contributed by atoms with Crippen LogP contribution in [-0.2, 0) is 4.79 Å². The summed E-state index contributed by atoms with van der Waals surface area (Å²) in [6.07, 6.45) is 0.612. The van der Waals surface area contributed by atoms with Crippen LogP contribution in [0.3, 0.4) is 0 Å². The van der Waals surface area contributed by atoms with Crippen LogP contribution in [0.15, 0.2) is 72.8 Å². The number of aldehydes is 1. The molecule has 1 aromatic heterocycles. The predicted molar refractivity (Wildman–Crippen MR) is 93.7 cm³/mol. The molecule has 0 saturated carbocycles. The van der Waals surface area contributed by atoms with Crippen molar-refractivity contribution in [3.63, 3.8) is 0 Å². The van der Waals surface area contributed by atoms with Crippen LogP contribution in [0, 0.1) is 11.8 Å². The minimum atomic E-state index is 0.612. The van der Waals surface area contributed by atoms with E-state index in [9.17, 15) is 4.79 Å². The second-order valence-corrected chi connectivity index (χ2v) is 5.30. The molecular weight excluding hydrogens is 282 g/mol. The Hall–Kier alpha value is -3.31. The number of hydrogen-bond acceptors (Lipinski definition) is 1. The van der Waals surface area contributed by atoms with Crippen LogP contribution in [0.25, 0.3) is 27.5 Å². The van der Waals surface area contributed by atoms with Gasteiger partial charge >= 0.3 is 0 Å². The number of carbonyl (C=O) groups is 1. The number of rotatable bonds is 1. The smallest absolute Gasteiger partial charge is 0.193 e. The van der Waals surface area contributed by atoms with Gasteiger partial charge in [-0.3, -0.25) is 4.79 Å². The summed E-state index contributed by atoms with van der Waals surface area (Å²) in [5.74, 6) is 5.25. The molecule has 0 spiro atoms. The summed E-state index contributed by atoms with van der Waals surface area (Å²) in [5, 5.41) is 2.49. The Balaban J connectivity index is 1.98. The fourth-order valence-electron chi connectivity index (χ4n) is 3.01. The molecule has 0 aliphatic carbocycles. The molecule has 1 heterocycles. The van der Waals surface area contributed by atoms with Gasteiger partial charge in [-0.05, 0) is 42.3 Å². The summed E-state index contributed by atoms with van der Waals surface area (Å²) in [4.78, 5) is 10.3. The highest BCUT2D eigenvalue weighted by Gasteiger charge is 2.10. The zero-order valence-electron chi connectivity index (χ0n) is 12.4. The summed E-state index contributed by atoms with van der Waals surface area (Å²) >= 11 is 0. The number of nitrogens with zero attached hydrogens (tertiary/aromatic N) is 1. The van der Waals surface area contributed by atoms with Gasteiger partial charge < -0.3 is 4.57 Å². The molecule has 4 rings (SSSR count). The molecule has 4 aromatic rings. The first kappa shape index (κ1) is 13.4. The largest absolute Gasteiger partial charge is 0.309 e. The van der Waals surface area contributed by atoms with Gasteiger partial charge in [0, 0.05) is 22.0 Å². The van der Waals surface area contributed by atoms with Crippen LogP contribution in [0.1, 0.15) is 5.56 Å². The number of benzene rings is 3. The Morgan fingerprint density at radius 2 is 1.30 bits per heavy atom. The highest BCUT2D eigenvalue weighted by Crippen LogP contribution is 2.31. The molecule has 2 nitrogen and oxygen atoms in total. The lowest BCUT2D eigenvalue weighted by Gasteiger charge is -2.07. The summed E-state index contributed by atoms with van der Waals surface area (Å²) in [7, 11) is 0. The third-order valence-electron chi connectivity index (χ3n) is 3.98. The zero-order chi connectivity index (χ0) is 15.6. The van der Waals surface area contributed by atoms with Crippen molar-refractivity contribution in [2.24, 2.45) is 0 Å². The lowest BCUT2D eigenvalue weighted by atomic mass is 10.2. The van der Waals surface area contributed by atoms with Gasteiger partial charge in [-0.25, -0.2) is 0 Å². The van der Waals surface area contributed by atoms with E-state index in [0.717, 1.165) is 11.3 Å². The Bertz CT molecular complexity index is 1020. The average Bonchev–Trinajstić information content (AvgIpc) is 2.95. The highest BCUT2D eigenvalue weighted by molar-refractivity contribution is 6.09. The standard InChI is InChI=1S/C21H13NO/c23-15-5-6-16-11-13-17(14-12-16)22-20-9-3-1-7-18(20)19-8-2-4-10-21(19)22/h1-4,7-15H. The van der Waals surface area contributed by atoms with Crippen LogP contribution in [0.5, 0.6) is 0 Å². The third-order valence-corrected chi connectivity index (χ3v) is 3.98. The average molecular weight is 295 g/mol. The van der Waals surface area contributed by atoms with Crippen LogP contribution >= 0.6 is 0 Å². The van der Waals surface area contributed by atoms with E-state index in [2.05, 4.69) is 64.9 Å². The Morgan fingerprint density at radius 3 is 1.87 bits per heavy atom. The first-order valence-electron chi connectivity index (χ1n) is 7.42. The number of para-hydroxylation sites is 2. The molecule has 0 aliphatic heterocycles. The van der Waals surface area contributed by atoms with Gasteiger partial charge in [0.1, 0.15) is 0 Å². The predicted octanol–water partition coefficient (Wildman–Crippen LogP) is 4.33. The van der Waals surface area contributed by atoms with E-state index in [-0.39, 0.29) is 0 Å². The molecule has 0 radical (unpaired) electrons. The number of hydrogen-bond donors (Lipinski definition) is 0. The van der Waals surface area contributed by atoms with Gasteiger partial charge in [-0.2, -0.15) is 0 Å². The molecule has 0 fully saturated rings. The van der Waals surface area contributed by atoms with Crippen molar-refractivity contribution >= 4 is 28.1 Å². The fraction of sp³-hybridized carbons (Fsp3) is 0.